The normalized spacial score (nSPS) is 16.7. The first kappa shape index (κ1) is 20.1. The Morgan fingerprint density at radius 3 is 2.40 bits per heavy atom. The van der Waals surface area contributed by atoms with E-state index in [1.807, 2.05) is 6.07 Å². The molecule has 0 radical (unpaired) electrons. The summed E-state index contributed by atoms with van der Waals surface area (Å²) >= 11 is 0. The molecule has 7 nitrogen and oxygen atoms in total. The highest BCUT2D eigenvalue weighted by Gasteiger charge is 2.34. The van der Waals surface area contributed by atoms with Gasteiger partial charge in [0, 0.05) is 24.2 Å². The molecule has 0 N–H and O–H groups in total. The number of hydrogen-bond acceptors (Lipinski definition) is 7. The van der Waals surface area contributed by atoms with Crippen LogP contribution in [0.25, 0.3) is 6.08 Å². The van der Waals surface area contributed by atoms with Crippen LogP contribution in [-0.2, 0) is 6.54 Å². The van der Waals surface area contributed by atoms with Gasteiger partial charge in [0.05, 0.1) is 32.5 Å². The molecular formula is C23H25NO6. The monoisotopic (exact) mass is 411 g/mol. The highest BCUT2D eigenvalue weighted by molar-refractivity contribution is 6.15. The van der Waals surface area contributed by atoms with E-state index < -0.39 is 0 Å². The number of allylic oxidation sites excluding steroid dienone is 1. The highest BCUT2D eigenvalue weighted by atomic mass is 16.5. The van der Waals surface area contributed by atoms with Crippen molar-refractivity contribution in [2.75, 3.05) is 28.1 Å². The Kier molecular flexibility index (Phi) is 5.30. The summed E-state index contributed by atoms with van der Waals surface area (Å²) in [6.07, 6.45) is 1.67. The van der Waals surface area contributed by atoms with Gasteiger partial charge in [0.25, 0.3) is 0 Å². The van der Waals surface area contributed by atoms with Gasteiger partial charge in [-0.15, -0.1) is 0 Å². The number of carbonyl (C=O) groups is 1. The fraction of sp³-hybridized carbons (Fsp3) is 0.348. The fourth-order valence-electron chi connectivity index (χ4n) is 3.61. The van der Waals surface area contributed by atoms with Crippen molar-refractivity contribution in [1.82, 2.24) is 4.90 Å². The predicted molar refractivity (Wildman–Crippen MR) is 112 cm³/mol. The Bertz CT molecular complexity index is 1030. The molecule has 0 saturated heterocycles. The molecule has 2 aromatic carbocycles. The van der Waals surface area contributed by atoms with E-state index in [1.165, 1.54) is 0 Å². The number of rotatable bonds is 5. The second kappa shape index (κ2) is 7.91. The van der Waals surface area contributed by atoms with Gasteiger partial charge >= 0.3 is 0 Å². The second-order valence-electron chi connectivity index (χ2n) is 7.42. The molecule has 0 fully saturated rings. The minimum atomic E-state index is -0.175. The summed E-state index contributed by atoms with van der Waals surface area (Å²) in [6.45, 7) is 5.40. The Morgan fingerprint density at radius 1 is 1.03 bits per heavy atom. The number of carbonyl (C=O) groups excluding carboxylic acids is 1. The van der Waals surface area contributed by atoms with Gasteiger partial charge in [-0.1, -0.05) is 0 Å². The average Bonchev–Trinajstić information content (AvgIpc) is 3.08. The zero-order valence-electron chi connectivity index (χ0n) is 17.8. The molecule has 0 unspecified atom stereocenters. The van der Waals surface area contributed by atoms with Gasteiger partial charge < -0.3 is 23.7 Å². The zero-order valence-corrected chi connectivity index (χ0v) is 17.8. The quantitative estimate of drug-likeness (QED) is 0.692. The van der Waals surface area contributed by atoms with Gasteiger partial charge in [-0.25, -0.2) is 0 Å². The molecule has 158 valence electrons. The molecular weight excluding hydrogens is 386 g/mol. The van der Waals surface area contributed by atoms with E-state index in [0.29, 0.717) is 53.4 Å². The van der Waals surface area contributed by atoms with Crippen LogP contribution in [0.3, 0.4) is 0 Å². The lowest BCUT2D eigenvalue weighted by atomic mass is 10.0. The predicted octanol–water partition coefficient (Wildman–Crippen LogP) is 3.89. The molecule has 7 heteroatoms. The number of methoxy groups -OCH3 is 3. The minimum absolute atomic E-state index is 0.175. The Labute approximate surface area is 175 Å². The van der Waals surface area contributed by atoms with Gasteiger partial charge in [-0.3, -0.25) is 9.69 Å². The van der Waals surface area contributed by atoms with Gasteiger partial charge in [0.15, 0.2) is 17.3 Å². The molecule has 0 spiro atoms. The van der Waals surface area contributed by atoms with Gasteiger partial charge in [-0.05, 0) is 38.1 Å². The lowest BCUT2D eigenvalue weighted by molar-refractivity contribution is 0.0674. The first-order valence-corrected chi connectivity index (χ1v) is 9.73. The summed E-state index contributed by atoms with van der Waals surface area (Å²) in [7, 11) is 4.67. The maximum Gasteiger partial charge on any atom is 0.231 e. The summed E-state index contributed by atoms with van der Waals surface area (Å²) in [4.78, 5) is 15.2. The van der Waals surface area contributed by atoms with E-state index in [9.17, 15) is 4.79 Å². The number of fused-ring (bicyclic) bond motifs is 3. The van der Waals surface area contributed by atoms with Crippen LogP contribution in [0, 0.1) is 0 Å². The number of hydrogen-bond donors (Lipinski definition) is 0. The van der Waals surface area contributed by atoms with Crippen molar-refractivity contribution in [3.8, 4) is 28.7 Å². The lowest BCUT2D eigenvalue weighted by Crippen LogP contribution is -2.37. The van der Waals surface area contributed by atoms with Crippen molar-refractivity contribution in [3.63, 3.8) is 0 Å². The van der Waals surface area contributed by atoms with Crippen molar-refractivity contribution < 1.29 is 28.5 Å². The van der Waals surface area contributed by atoms with Crippen molar-refractivity contribution in [1.29, 1.82) is 0 Å². The Balaban J connectivity index is 1.73. The SMILES string of the molecule is COc1cc(OC)c(OC)cc1/C=C1\Oc2c(ccc3c2CN(C(C)C)CO3)C1=O. The van der Waals surface area contributed by atoms with E-state index in [0.717, 1.165) is 11.3 Å². The molecule has 0 saturated carbocycles. The first-order valence-electron chi connectivity index (χ1n) is 9.73. The van der Waals surface area contributed by atoms with Gasteiger partial charge in [0.1, 0.15) is 24.0 Å². The van der Waals surface area contributed by atoms with Crippen LogP contribution in [0.4, 0.5) is 0 Å². The van der Waals surface area contributed by atoms with Crippen LogP contribution in [0.1, 0.15) is 35.3 Å². The first-order chi connectivity index (χ1) is 14.5. The van der Waals surface area contributed by atoms with E-state index in [-0.39, 0.29) is 11.5 Å². The van der Waals surface area contributed by atoms with Crippen LogP contribution in [0.15, 0.2) is 30.0 Å². The summed E-state index contributed by atoms with van der Waals surface area (Å²) in [5.41, 5.74) is 2.08. The Hall–Kier alpha value is -3.19. The zero-order chi connectivity index (χ0) is 21.4. The van der Waals surface area contributed by atoms with Crippen molar-refractivity contribution in [2.24, 2.45) is 0 Å². The molecule has 2 aliphatic heterocycles. The topological polar surface area (TPSA) is 66.5 Å². The van der Waals surface area contributed by atoms with Crippen LogP contribution in [-0.4, -0.2) is 44.8 Å². The molecule has 2 heterocycles. The largest absolute Gasteiger partial charge is 0.496 e. The molecule has 4 rings (SSSR count). The molecule has 2 aromatic rings. The summed E-state index contributed by atoms with van der Waals surface area (Å²) in [5.74, 6) is 2.99. The van der Waals surface area contributed by atoms with Crippen LogP contribution in [0.2, 0.25) is 0 Å². The third kappa shape index (κ3) is 3.35. The summed E-state index contributed by atoms with van der Waals surface area (Å²) in [6, 6.07) is 7.38. The third-order valence-corrected chi connectivity index (χ3v) is 5.40. The average molecular weight is 411 g/mol. The van der Waals surface area contributed by atoms with Gasteiger partial charge in [-0.2, -0.15) is 0 Å². The number of nitrogens with zero attached hydrogens (tertiary/aromatic N) is 1. The molecule has 0 amide bonds. The van der Waals surface area contributed by atoms with Crippen molar-refractivity contribution >= 4 is 11.9 Å². The fourth-order valence-corrected chi connectivity index (χ4v) is 3.61. The van der Waals surface area contributed by atoms with Crippen LogP contribution in [0.5, 0.6) is 28.7 Å². The molecule has 2 aliphatic rings. The summed E-state index contributed by atoms with van der Waals surface area (Å²) < 4.78 is 28.1. The molecule has 0 atom stereocenters. The summed E-state index contributed by atoms with van der Waals surface area (Å²) in [5, 5.41) is 0. The van der Waals surface area contributed by atoms with Gasteiger partial charge in [0.2, 0.25) is 5.78 Å². The molecule has 0 aliphatic carbocycles. The van der Waals surface area contributed by atoms with Crippen molar-refractivity contribution in [2.45, 2.75) is 26.4 Å². The number of benzene rings is 2. The molecule has 30 heavy (non-hydrogen) atoms. The van der Waals surface area contributed by atoms with Crippen molar-refractivity contribution in [3.05, 3.63) is 46.7 Å². The molecule has 0 bridgehead atoms. The van der Waals surface area contributed by atoms with E-state index in [2.05, 4.69) is 18.7 Å². The second-order valence-corrected chi connectivity index (χ2v) is 7.42. The van der Waals surface area contributed by atoms with Crippen LogP contribution >= 0.6 is 0 Å². The highest BCUT2D eigenvalue weighted by Crippen LogP contribution is 2.43. The maximum absolute atomic E-state index is 13.0. The number of Topliss-reactive ketones (excluding diaryl/α,β-unsaturated/α-hetero) is 1. The number of ether oxygens (including phenoxy) is 5. The maximum atomic E-state index is 13.0. The lowest BCUT2D eigenvalue weighted by Gasteiger charge is -2.32. The standard InChI is InChI=1S/C23H25NO6/c1-13(2)24-11-16-17(29-12-24)7-6-15-22(25)21(30-23(15)16)9-14-8-19(27-4)20(28-5)10-18(14)26-3/h6-10,13H,11-12H2,1-5H3/b21-9-. The van der Waals surface area contributed by atoms with E-state index in [1.54, 1.807) is 45.6 Å². The number of ketones is 1. The van der Waals surface area contributed by atoms with E-state index >= 15 is 0 Å². The smallest absolute Gasteiger partial charge is 0.231 e. The van der Waals surface area contributed by atoms with E-state index in [4.69, 9.17) is 23.7 Å². The Morgan fingerprint density at radius 2 is 1.73 bits per heavy atom. The third-order valence-electron chi connectivity index (χ3n) is 5.40. The van der Waals surface area contributed by atoms with Crippen LogP contribution < -0.4 is 23.7 Å². The minimum Gasteiger partial charge on any atom is -0.496 e. The molecule has 0 aromatic heterocycles.